The fourth-order valence-electron chi connectivity index (χ4n) is 1.92. The maximum Gasteiger partial charge on any atom is 0.573 e. The average Bonchev–Trinajstić information content (AvgIpc) is 2.32. The molecule has 1 unspecified atom stereocenters. The van der Waals surface area contributed by atoms with Crippen molar-refractivity contribution in [2.24, 2.45) is 0 Å². The molecule has 1 aliphatic heterocycles. The van der Waals surface area contributed by atoms with Crippen LogP contribution < -0.4 is 9.64 Å². The smallest absolute Gasteiger partial charge is 0.406 e. The molecular weight excluding hydrogens is 327 g/mol. The van der Waals surface area contributed by atoms with Gasteiger partial charge in [0.25, 0.3) is 0 Å². The predicted octanol–water partition coefficient (Wildman–Crippen LogP) is 3.48. The first-order chi connectivity index (χ1) is 8.87. The van der Waals surface area contributed by atoms with Crippen molar-refractivity contribution in [3.05, 3.63) is 24.3 Å². The number of piperidine rings is 1. The highest BCUT2D eigenvalue weighted by Crippen LogP contribution is 2.28. The number of ether oxygens (including phenoxy) is 1. The van der Waals surface area contributed by atoms with Crippen molar-refractivity contribution < 1.29 is 22.7 Å². The number of rotatable bonds is 2. The van der Waals surface area contributed by atoms with Crippen LogP contribution in [-0.2, 0) is 4.79 Å². The molecule has 1 atom stereocenters. The molecule has 1 aromatic rings. The van der Waals surface area contributed by atoms with Crippen molar-refractivity contribution in [3.63, 3.8) is 0 Å². The first-order valence-corrected chi connectivity index (χ1v) is 6.59. The zero-order valence-electron chi connectivity index (χ0n) is 9.78. The Hall–Kier alpha value is -1.24. The van der Waals surface area contributed by atoms with Crippen LogP contribution in [0.3, 0.4) is 0 Å². The van der Waals surface area contributed by atoms with E-state index in [1.807, 2.05) is 0 Å². The summed E-state index contributed by atoms with van der Waals surface area (Å²) in [6.07, 6.45) is -3.09. The summed E-state index contributed by atoms with van der Waals surface area (Å²) in [4.78, 5) is 13.2. The highest BCUT2D eigenvalue weighted by Gasteiger charge is 2.31. The molecule has 1 aliphatic rings. The third kappa shape index (κ3) is 3.62. The van der Waals surface area contributed by atoms with Gasteiger partial charge in [0.15, 0.2) is 0 Å². The largest absolute Gasteiger partial charge is 0.573 e. The highest BCUT2D eigenvalue weighted by molar-refractivity contribution is 9.10. The maximum atomic E-state index is 12.0. The molecule has 3 nitrogen and oxygen atoms in total. The van der Waals surface area contributed by atoms with Crippen LogP contribution in [0.25, 0.3) is 0 Å². The van der Waals surface area contributed by atoms with Gasteiger partial charge >= 0.3 is 6.36 Å². The lowest BCUT2D eigenvalue weighted by Gasteiger charge is -2.29. The molecule has 1 aromatic carbocycles. The summed E-state index contributed by atoms with van der Waals surface area (Å²) in [7, 11) is 0. The lowest BCUT2D eigenvalue weighted by atomic mass is 10.1. The average molecular weight is 338 g/mol. The van der Waals surface area contributed by atoms with E-state index in [0.717, 1.165) is 12.8 Å². The summed E-state index contributed by atoms with van der Waals surface area (Å²) in [5.41, 5.74) is 0.573. The third-order valence-corrected chi connectivity index (χ3v) is 3.60. The predicted molar refractivity (Wildman–Crippen MR) is 67.4 cm³/mol. The Labute approximate surface area is 116 Å². The topological polar surface area (TPSA) is 29.5 Å². The van der Waals surface area contributed by atoms with Gasteiger partial charge < -0.3 is 9.64 Å². The number of halogens is 4. The van der Waals surface area contributed by atoms with E-state index in [0.29, 0.717) is 12.2 Å². The fourth-order valence-corrected chi connectivity index (χ4v) is 2.49. The minimum atomic E-state index is -4.70. The van der Waals surface area contributed by atoms with Crippen molar-refractivity contribution >= 4 is 27.5 Å². The van der Waals surface area contributed by atoms with Crippen LogP contribution in [0.4, 0.5) is 18.9 Å². The Morgan fingerprint density at radius 2 is 1.89 bits per heavy atom. The highest BCUT2D eigenvalue weighted by atomic mass is 79.9. The molecule has 7 heteroatoms. The molecule has 1 amide bonds. The molecule has 0 aromatic heterocycles. The second-order valence-corrected chi connectivity index (χ2v) is 5.25. The van der Waals surface area contributed by atoms with E-state index in [-0.39, 0.29) is 16.5 Å². The lowest BCUT2D eigenvalue weighted by molar-refractivity contribution is -0.274. The summed E-state index contributed by atoms with van der Waals surface area (Å²) in [5.74, 6) is -0.369. The quantitative estimate of drug-likeness (QED) is 0.773. The molecular formula is C12H11BrF3NO2. The number of hydrogen-bond donors (Lipinski definition) is 0. The standard InChI is InChI=1S/C12H11BrF3NO2/c13-10-2-1-7-17(11(10)18)8-3-5-9(6-4-8)19-12(14,15)16/h3-6,10H,1-2,7H2. The molecule has 104 valence electrons. The van der Waals surface area contributed by atoms with Gasteiger partial charge in [-0.15, -0.1) is 13.2 Å². The molecule has 0 saturated carbocycles. The van der Waals surface area contributed by atoms with Crippen LogP contribution in [0.5, 0.6) is 5.75 Å². The van der Waals surface area contributed by atoms with Crippen molar-refractivity contribution in [3.8, 4) is 5.75 Å². The fraction of sp³-hybridized carbons (Fsp3) is 0.417. The minimum Gasteiger partial charge on any atom is -0.406 e. The Balaban J connectivity index is 2.12. The monoisotopic (exact) mass is 337 g/mol. The van der Waals surface area contributed by atoms with E-state index in [1.165, 1.54) is 24.3 Å². The zero-order chi connectivity index (χ0) is 14.0. The van der Waals surface area contributed by atoms with E-state index in [9.17, 15) is 18.0 Å². The summed E-state index contributed by atoms with van der Waals surface area (Å²) in [5, 5.41) is 0. The number of anilines is 1. The van der Waals surface area contributed by atoms with Crippen molar-refractivity contribution in [1.82, 2.24) is 0 Å². The summed E-state index contributed by atoms with van der Waals surface area (Å²) in [6.45, 7) is 0.570. The van der Waals surface area contributed by atoms with Crippen LogP contribution in [0.15, 0.2) is 24.3 Å². The molecule has 2 rings (SSSR count). The van der Waals surface area contributed by atoms with Crippen LogP contribution in [0, 0.1) is 0 Å². The molecule has 1 heterocycles. The van der Waals surface area contributed by atoms with Crippen molar-refractivity contribution in [2.45, 2.75) is 24.0 Å². The molecule has 1 saturated heterocycles. The van der Waals surface area contributed by atoms with Gasteiger partial charge in [-0.25, -0.2) is 0 Å². The van der Waals surface area contributed by atoms with E-state index < -0.39 is 6.36 Å². The van der Waals surface area contributed by atoms with Gasteiger partial charge in [-0.2, -0.15) is 0 Å². The molecule has 0 N–H and O–H groups in total. The van der Waals surface area contributed by atoms with Crippen LogP contribution in [-0.4, -0.2) is 23.6 Å². The molecule has 0 radical (unpaired) electrons. The van der Waals surface area contributed by atoms with Crippen molar-refractivity contribution in [1.29, 1.82) is 0 Å². The molecule has 0 aliphatic carbocycles. The van der Waals surface area contributed by atoms with E-state index >= 15 is 0 Å². The molecule has 0 bridgehead atoms. The zero-order valence-corrected chi connectivity index (χ0v) is 11.4. The van der Waals surface area contributed by atoms with Gasteiger partial charge in [-0.1, -0.05) is 15.9 Å². The molecule has 1 fully saturated rings. The normalized spacial score (nSPS) is 20.5. The van der Waals surface area contributed by atoms with Gasteiger partial charge in [0.05, 0.1) is 4.83 Å². The van der Waals surface area contributed by atoms with Crippen LogP contribution in [0.2, 0.25) is 0 Å². The SMILES string of the molecule is O=C1C(Br)CCCN1c1ccc(OC(F)(F)F)cc1. The second kappa shape index (κ2) is 5.40. The van der Waals surface area contributed by atoms with Gasteiger partial charge in [0.2, 0.25) is 5.91 Å². The van der Waals surface area contributed by atoms with Crippen molar-refractivity contribution in [2.75, 3.05) is 11.4 Å². The molecule has 19 heavy (non-hydrogen) atoms. The Kier molecular flexibility index (Phi) is 4.03. The lowest BCUT2D eigenvalue weighted by Crippen LogP contribution is -2.41. The van der Waals surface area contributed by atoms with Gasteiger partial charge in [0.1, 0.15) is 5.75 Å². The van der Waals surface area contributed by atoms with E-state index in [4.69, 9.17) is 0 Å². The number of nitrogens with zero attached hydrogens (tertiary/aromatic N) is 1. The van der Waals surface area contributed by atoms with E-state index in [1.54, 1.807) is 4.90 Å². The first kappa shape index (κ1) is 14.2. The Morgan fingerprint density at radius 3 is 2.47 bits per heavy atom. The van der Waals surface area contributed by atoms with E-state index in [2.05, 4.69) is 20.7 Å². The number of carbonyl (C=O) groups excluding carboxylic acids is 1. The number of carbonyl (C=O) groups is 1. The first-order valence-electron chi connectivity index (χ1n) is 5.68. The number of amides is 1. The summed E-state index contributed by atoms with van der Waals surface area (Å²) < 4.78 is 39.8. The third-order valence-electron chi connectivity index (χ3n) is 2.76. The number of hydrogen-bond acceptors (Lipinski definition) is 2. The Bertz CT molecular complexity index is 461. The number of benzene rings is 1. The second-order valence-electron chi connectivity index (χ2n) is 4.14. The van der Waals surface area contributed by atoms with Gasteiger partial charge in [0, 0.05) is 12.2 Å². The summed E-state index contributed by atoms with van der Waals surface area (Å²) >= 11 is 3.28. The Morgan fingerprint density at radius 1 is 1.26 bits per heavy atom. The minimum absolute atomic E-state index is 0.0734. The molecule has 0 spiro atoms. The summed E-state index contributed by atoms with van der Waals surface area (Å²) in [6, 6.07) is 5.30. The van der Waals surface area contributed by atoms with Crippen LogP contribution in [0.1, 0.15) is 12.8 Å². The maximum absolute atomic E-state index is 12.0. The van der Waals surface area contributed by atoms with Gasteiger partial charge in [-0.3, -0.25) is 4.79 Å². The van der Waals surface area contributed by atoms with Crippen LogP contribution >= 0.6 is 15.9 Å². The number of alkyl halides is 4. The van der Waals surface area contributed by atoms with Gasteiger partial charge in [-0.05, 0) is 37.1 Å².